The first-order chi connectivity index (χ1) is 14.8. The van der Waals surface area contributed by atoms with E-state index in [4.69, 9.17) is 4.43 Å². The van der Waals surface area contributed by atoms with E-state index in [1.165, 1.54) is 21.1 Å². The molecule has 30 heavy (non-hydrogen) atoms. The van der Waals surface area contributed by atoms with Gasteiger partial charge in [0.1, 0.15) is 0 Å². The van der Waals surface area contributed by atoms with E-state index in [1.54, 1.807) is 0 Å². The van der Waals surface area contributed by atoms with E-state index in [0.717, 1.165) is 12.8 Å². The zero-order valence-electron chi connectivity index (χ0n) is 17.4. The maximum Gasteiger partial charge on any atom is 0.288 e. The van der Waals surface area contributed by atoms with Crippen LogP contribution in [0.2, 0.25) is 0 Å². The molecule has 4 rings (SSSR count). The quantitative estimate of drug-likeness (QED) is 0.304. The molecule has 1 nitrogen and oxygen atoms in total. The number of aryl methyl sites for hydroxylation is 1. The van der Waals surface area contributed by atoms with Gasteiger partial charge in [0.15, 0.2) is 0 Å². The smallest absolute Gasteiger partial charge is 0.288 e. The van der Waals surface area contributed by atoms with Crippen molar-refractivity contribution in [2.75, 3.05) is 0 Å². The molecule has 2 heteroatoms. The summed E-state index contributed by atoms with van der Waals surface area (Å²) in [7, 11) is -2.63. The van der Waals surface area contributed by atoms with E-state index >= 15 is 0 Å². The predicted octanol–water partition coefficient (Wildman–Crippen LogP) is 4.69. The summed E-state index contributed by atoms with van der Waals surface area (Å²) in [6, 6.07) is 43.1. The molecule has 0 N–H and O–H groups in total. The second-order valence-corrected chi connectivity index (χ2v) is 11.1. The number of benzene rings is 4. The van der Waals surface area contributed by atoms with Crippen molar-refractivity contribution in [1.82, 2.24) is 0 Å². The lowest BCUT2D eigenvalue weighted by atomic mass is 10.1. The Labute approximate surface area is 181 Å². The van der Waals surface area contributed by atoms with Crippen molar-refractivity contribution in [3.8, 4) is 0 Å². The summed E-state index contributed by atoms with van der Waals surface area (Å²) in [6.07, 6.45) is 2.15. The fourth-order valence-electron chi connectivity index (χ4n) is 4.10. The molecule has 0 radical (unpaired) electrons. The molecule has 0 heterocycles. The Morgan fingerprint density at radius 3 is 1.33 bits per heavy atom. The fourth-order valence-corrected chi connectivity index (χ4v) is 8.21. The molecule has 0 aliphatic rings. The highest BCUT2D eigenvalue weighted by Gasteiger charge is 2.42. The first kappa shape index (κ1) is 20.3. The Hall–Kier alpha value is -2.94. The van der Waals surface area contributed by atoms with E-state index in [0.29, 0.717) is 0 Å². The molecule has 150 valence electrons. The number of rotatable bonds is 8. The highest BCUT2D eigenvalue weighted by atomic mass is 28.4. The van der Waals surface area contributed by atoms with Gasteiger partial charge in [-0.3, -0.25) is 0 Å². The van der Waals surface area contributed by atoms with Crippen LogP contribution in [0.4, 0.5) is 0 Å². The van der Waals surface area contributed by atoms with Gasteiger partial charge in [-0.1, -0.05) is 121 Å². The predicted molar refractivity (Wildman–Crippen MR) is 129 cm³/mol. The summed E-state index contributed by atoms with van der Waals surface area (Å²) in [5, 5.41) is 3.86. The van der Waals surface area contributed by atoms with Crippen LogP contribution in [0, 0.1) is 0 Å². The Morgan fingerprint density at radius 2 is 0.933 bits per heavy atom. The molecule has 0 spiro atoms. The van der Waals surface area contributed by atoms with E-state index in [1.807, 2.05) is 0 Å². The molecule has 1 unspecified atom stereocenters. The summed E-state index contributed by atoms with van der Waals surface area (Å²) in [5.74, 6) is 0. The molecule has 0 fully saturated rings. The fraction of sp³-hybridized carbons (Fsp3) is 0.143. The van der Waals surface area contributed by atoms with Crippen LogP contribution in [-0.2, 0) is 10.8 Å². The Kier molecular flexibility index (Phi) is 6.58. The van der Waals surface area contributed by atoms with Crippen molar-refractivity contribution in [3.05, 3.63) is 127 Å². The highest BCUT2D eigenvalue weighted by Crippen LogP contribution is 2.15. The molecular weight excluding hydrogens is 380 g/mol. The van der Waals surface area contributed by atoms with Gasteiger partial charge in [0, 0.05) is 6.10 Å². The zero-order valence-corrected chi connectivity index (χ0v) is 18.4. The SMILES string of the molecule is CC(CCc1ccccc1)O[Si](c1ccccc1)(c1ccccc1)c1ccccc1. The van der Waals surface area contributed by atoms with Crippen LogP contribution in [0.1, 0.15) is 18.9 Å². The van der Waals surface area contributed by atoms with Gasteiger partial charge in [-0.15, -0.1) is 0 Å². The first-order valence-electron chi connectivity index (χ1n) is 10.7. The average molecular weight is 409 g/mol. The van der Waals surface area contributed by atoms with E-state index < -0.39 is 8.32 Å². The van der Waals surface area contributed by atoms with Crippen LogP contribution >= 0.6 is 0 Å². The molecule has 0 saturated heterocycles. The van der Waals surface area contributed by atoms with Gasteiger partial charge in [-0.25, -0.2) is 0 Å². The van der Waals surface area contributed by atoms with E-state index in [-0.39, 0.29) is 6.10 Å². The third kappa shape index (κ3) is 4.45. The van der Waals surface area contributed by atoms with Crippen molar-refractivity contribution >= 4 is 23.9 Å². The summed E-state index contributed by atoms with van der Waals surface area (Å²) < 4.78 is 7.16. The standard InChI is InChI=1S/C28H28OSi/c1-24(22-23-25-14-6-2-7-15-25)29-30(26-16-8-3-9-17-26,27-18-10-4-11-19-27)28-20-12-5-13-21-28/h2-21,24H,22-23H2,1H3. The third-order valence-electron chi connectivity index (χ3n) is 5.60. The van der Waals surface area contributed by atoms with Gasteiger partial charge >= 0.3 is 0 Å². The molecule has 0 aliphatic carbocycles. The average Bonchev–Trinajstić information content (AvgIpc) is 2.83. The minimum absolute atomic E-state index is 0.137. The minimum atomic E-state index is -2.63. The van der Waals surface area contributed by atoms with Crippen molar-refractivity contribution in [2.45, 2.75) is 25.9 Å². The lowest BCUT2D eigenvalue weighted by Gasteiger charge is -2.35. The molecule has 0 aliphatic heterocycles. The van der Waals surface area contributed by atoms with Crippen molar-refractivity contribution < 1.29 is 4.43 Å². The van der Waals surface area contributed by atoms with Gasteiger partial charge < -0.3 is 4.43 Å². The van der Waals surface area contributed by atoms with E-state index in [2.05, 4.69) is 128 Å². The van der Waals surface area contributed by atoms with Crippen molar-refractivity contribution in [3.63, 3.8) is 0 Å². The molecule has 4 aromatic rings. The van der Waals surface area contributed by atoms with Gasteiger partial charge in [0.05, 0.1) is 0 Å². The normalized spacial score (nSPS) is 12.4. The molecule has 0 saturated carbocycles. The second kappa shape index (κ2) is 9.71. The van der Waals surface area contributed by atoms with Crippen molar-refractivity contribution in [1.29, 1.82) is 0 Å². The Bertz CT molecular complexity index is 921. The van der Waals surface area contributed by atoms with Crippen LogP contribution in [0.25, 0.3) is 0 Å². The third-order valence-corrected chi connectivity index (χ3v) is 9.80. The van der Waals surface area contributed by atoms with E-state index in [9.17, 15) is 0 Å². The van der Waals surface area contributed by atoms with Gasteiger partial charge in [-0.2, -0.15) is 0 Å². The summed E-state index contributed by atoms with van der Waals surface area (Å²) in [4.78, 5) is 0. The molecule has 4 aromatic carbocycles. The second-order valence-electron chi connectivity index (χ2n) is 7.73. The number of hydrogen-bond acceptors (Lipinski definition) is 1. The topological polar surface area (TPSA) is 9.23 Å². The maximum absolute atomic E-state index is 7.16. The minimum Gasteiger partial charge on any atom is -0.401 e. The van der Waals surface area contributed by atoms with Crippen LogP contribution in [-0.4, -0.2) is 14.4 Å². The lowest BCUT2D eigenvalue weighted by molar-refractivity contribution is 0.212. The molecule has 1 atom stereocenters. The van der Waals surface area contributed by atoms with Crippen LogP contribution in [0.15, 0.2) is 121 Å². The van der Waals surface area contributed by atoms with Gasteiger partial charge in [0.2, 0.25) is 0 Å². The van der Waals surface area contributed by atoms with Gasteiger partial charge in [-0.05, 0) is 40.9 Å². The Morgan fingerprint density at radius 1 is 0.567 bits per heavy atom. The lowest BCUT2D eigenvalue weighted by Crippen LogP contribution is -2.70. The highest BCUT2D eigenvalue weighted by molar-refractivity contribution is 7.07. The Balaban J connectivity index is 1.74. The largest absolute Gasteiger partial charge is 0.401 e. The van der Waals surface area contributed by atoms with Crippen molar-refractivity contribution in [2.24, 2.45) is 0 Å². The molecule has 0 aromatic heterocycles. The van der Waals surface area contributed by atoms with Crippen LogP contribution < -0.4 is 15.6 Å². The molecular formula is C28H28OSi. The first-order valence-corrected chi connectivity index (χ1v) is 12.6. The molecule has 0 amide bonds. The van der Waals surface area contributed by atoms with Gasteiger partial charge in [0.25, 0.3) is 8.32 Å². The number of hydrogen-bond donors (Lipinski definition) is 0. The molecule has 0 bridgehead atoms. The maximum atomic E-state index is 7.16. The summed E-state index contributed by atoms with van der Waals surface area (Å²) in [5.41, 5.74) is 1.36. The van der Waals surface area contributed by atoms with Crippen LogP contribution in [0.3, 0.4) is 0 Å². The summed E-state index contributed by atoms with van der Waals surface area (Å²) in [6.45, 7) is 2.22. The monoisotopic (exact) mass is 408 g/mol. The summed E-state index contributed by atoms with van der Waals surface area (Å²) >= 11 is 0. The zero-order chi connectivity index (χ0) is 20.7. The van der Waals surface area contributed by atoms with Crippen LogP contribution in [0.5, 0.6) is 0 Å².